The lowest BCUT2D eigenvalue weighted by Crippen LogP contribution is -2.50. The van der Waals surface area contributed by atoms with E-state index in [0.717, 1.165) is 24.3 Å². The van der Waals surface area contributed by atoms with Crippen LogP contribution in [-0.4, -0.2) is 78.6 Å². The van der Waals surface area contributed by atoms with Gasteiger partial charge >= 0.3 is 18.2 Å². The highest BCUT2D eigenvalue weighted by Gasteiger charge is 2.35. The molecule has 5 rings (SSSR count). The highest BCUT2D eigenvalue weighted by Crippen LogP contribution is 2.36. The van der Waals surface area contributed by atoms with Crippen molar-refractivity contribution < 1.29 is 46.9 Å². The second kappa shape index (κ2) is 13.7. The quantitative estimate of drug-likeness (QED) is 0.264. The molecule has 0 aliphatic carbocycles. The molecule has 2 aliphatic heterocycles. The molecule has 0 bridgehead atoms. The summed E-state index contributed by atoms with van der Waals surface area (Å²) in [4.78, 5) is 42.8. The molecular formula is C32H34F3N5O7. The summed E-state index contributed by atoms with van der Waals surface area (Å²) in [6.07, 6.45) is -5.22. The number of benzene rings is 3. The van der Waals surface area contributed by atoms with Crippen LogP contribution in [0.1, 0.15) is 29.8 Å². The Hall–Kier alpha value is -5.18. The number of likely N-dealkylation sites (N-methyl/N-ethyl adjacent to an activating group) is 1. The molecule has 2 heterocycles. The molecule has 0 saturated carbocycles. The first-order valence-electron chi connectivity index (χ1n) is 14.7. The van der Waals surface area contributed by atoms with E-state index in [9.17, 15) is 32.7 Å². The number of aliphatic hydroxyl groups excluding tert-OH is 1. The Balaban J connectivity index is 1.37. The Kier molecular flexibility index (Phi) is 9.65. The maximum absolute atomic E-state index is 13.7. The molecule has 0 aromatic heterocycles. The molecule has 5 amide bonds. The number of aliphatic hydroxyl groups is 1. The molecule has 0 spiro atoms. The molecule has 3 atom stereocenters. The molecule has 47 heavy (non-hydrogen) atoms. The minimum absolute atomic E-state index is 0.0383. The molecule has 12 nitrogen and oxygen atoms in total. The molecule has 0 unspecified atom stereocenters. The zero-order chi connectivity index (χ0) is 33.9. The highest BCUT2D eigenvalue weighted by atomic mass is 19.4. The van der Waals surface area contributed by atoms with Crippen molar-refractivity contribution in [2.24, 2.45) is 5.92 Å². The summed E-state index contributed by atoms with van der Waals surface area (Å²) in [6, 6.07) is 11.7. The lowest BCUT2D eigenvalue weighted by molar-refractivity contribution is -0.137. The maximum atomic E-state index is 13.7. The predicted molar refractivity (Wildman–Crippen MR) is 166 cm³/mol. The number of halogens is 3. The number of anilines is 3. The van der Waals surface area contributed by atoms with Crippen LogP contribution >= 0.6 is 0 Å². The molecule has 15 heteroatoms. The number of nitrogens with one attached hydrogen (secondary N) is 3. The fourth-order valence-electron chi connectivity index (χ4n) is 5.13. The van der Waals surface area contributed by atoms with E-state index in [4.69, 9.17) is 14.2 Å². The molecular weight excluding hydrogens is 623 g/mol. The normalized spacial score (nSPS) is 17.9. The SMILES string of the molecule is C[C@H]1CN([C@@H](C)CO)C(=O)c2cccc(NC(=O)Nc3ccc(C(F)(F)F)cc3)c2O[C@@H]1CN(C)C(=O)Nc1ccc2c(c1)OCO2. The van der Waals surface area contributed by atoms with E-state index in [1.807, 2.05) is 6.92 Å². The summed E-state index contributed by atoms with van der Waals surface area (Å²) in [5.41, 5.74) is -0.0420. The number of amides is 5. The van der Waals surface area contributed by atoms with Gasteiger partial charge in [-0.3, -0.25) is 4.79 Å². The number of hydrogen-bond acceptors (Lipinski definition) is 7. The summed E-state index contributed by atoms with van der Waals surface area (Å²) in [5.74, 6) is 0.324. The number of ether oxygens (including phenoxy) is 3. The van der Waals surface area contributed by atoms with Crippen LogP contribution < -0.4 is 30.2 Å². The van der Waals surface area contributed by atoms with E-state index in [1.54, 1.807) is 38.2 Å². The standard InChI is InChI=1S/C32H34F3N5O7/c1-18-14-40(19(2)16-41)29(42)23-5-4-6-24(38-30(43)36-21-9-7-20(8-10-21)32(33,34)35)28(23)47-27(18)15-39(3)31(44)37-22-11-12-25-26(13-22)46-17-45-25/h4-13,18-19,27,41H,14-17H2,1-3H3,(H,37,44)(H2,36,38,43)/t18-,19-,27+/m0/s1. The van der Waals surface area contributed by atoms with Gasteiger partial charge < -0.3 is 45.1 Å². The topological polar surface area (TPSA) is 142 Å². The molecule has 3 aromatic rings. The predicted octanol–water partition coefficient (Wildman–Crippen LogP) is 5.46. The highest BCUT2D eigenvalue weighted by molar-refractivity contribution is 6.04. The molecule has 0 fully saturated rings. The van der Waals surface area contributed by atoms with Gasteiger partial charge in [-0.1, -0.05) is 13.0 Å². The van der Waals surface area contributed by atoms with Gasteiger partial charge in [0.2, 0.25) is 6.79 Å². The number of rotatable bonds is 7. The van der Waals surface area contributed by atoms with Crippen molar-refractivity contribution in [1.82, 2.24) is 9.80 Å². The summed E-state index contributed by atoms with van der Waals surface area (Å²) in [7, 11) is 1.58. The average Bonchev–Trinajstić information content (AvgIpc) is 3.50. The second-order valence-electron chi connectivity index (χ2n) is 11.3. The number of nitrogens with zero attached hydrogens (tertiary/aromatic N) is 2. The number of alkyl halides is 3. The molecule has 2 aliphatic rings. The first kappa shape index (κ1) is 33.2. The Labute approximate surface area is 268 Å². The van der Waals surface area contributed by atoms with Gasteiger partial charge in [0.05, 0.1) is 36.0 Å². The molecule has 3 aromatic carbocycles. The van der Waals surface area contributed by atoms with Crippen LogP contribution in [0.15, 0.2) is 60.7 Å². The van der Waals surface area contributed by atoms with Gasteiger partial charge in [-0.15, -0.1) is 0 Å². The van der Waals surface area contributed by atoms with Crippen molar-refractivity contribution in [3.63, 3.8) is 0 Å². The third kappa shape index (κ3) is 7.62. The van der Waals surface area contributed by atoms with Crippen LogP contribution in [0, 0.1) is 5.92 Å². The van der Waals surface area contributed by atoms with Crippen LogP contribution in [0.3, 0.4) is 0 Å². The third-order valence-corrected chi connectivity index (χ3v) is 7.83. The number of carbonyl (C=O) groups is 3. The van der Waals surface area contributed by atoms with Crippen LogP contribution in [0.2, 0.25) is 0 Å². The first-order valence-corrected chi connectivity index (χ1v) is 14.7. The molecule has 4 N–H and O–H groups in total. The van der Waals surface area contributed by atoms with Gasteiger partial charge in [-0.05, 0) is 55.5 Å². The van der Waals surface area contributed by atoms with Crippen molar-refractivity contribution in [2.45, 2.75) is 32.2 Å². The van der Waals surface area contributed by atoms with E-state index < -0.39 is 41.9 Å². The van der Waals surface area contributed by atoms with Crippen LogP contribution in [0.25, 0.3) is 0 Å². The van der Waals surface area contributed by atoms with Gasteiger partial charge in [-0.2, -0.15) is 13.2 Å². The van der Waals surface area contributed by atoms with Gasteiger partial charge in [0.25, 0.3) is 5.91 Å². The number of urea groups is 2. The Bertz CT molecular complexity index is 1640. The summed E-state index contributed by atoms with van der Waals surface area (Å²) in [5, 5.41) is 17.8. The van der Waals surface area contributed by atoms with Crippen LogP contribution in [0.5, 0.6) is 17.2 Å². The third-order valence-electron chi connectivity index (χ3n) is 7.83. The molecule has 0 radical (unpaired) electrons. The number of carbonyl (C=O) groups excluding carboxylic acids is 3. The van der Waals surface area contributed by atoms with Crippen molar-refractivity contribution in [3.05, 3.63) is 71.8 Å². The van der Waals surface area contributed by atoms with Crippen LogP contribution in [0.4, 0.5) is 39.8 Å². The van der Waals surface area contributed by atoms with Crippen molar-refractivity contribution in [1.29, 1.82) is 0 Å². The Morgan fingerprint density at radius 3 is 2.43 bits per heavy atom. The van der Waals surface area contributed by atoms with E-state index in [1.165, 1.54) is 21.9 Å². The number of fused-ring (bicyclic) bond motifs is 2. The van der Waals surface area contributed by atoms with Gasteiger partial charge in [0.15, 0.2) is 17.2 Å². The van der Waals surface area contributed by atoms with Crippen molar-refractivity contribution >= 4 is 35.0 Å². The Morgan fingerprint density at radius 2 is 1.72 bits per heavy atom. The fourth-order valence-corrected chi connectivity index (χ4v) is 5.13. The summed E-state index contributed by atoms with van der Waals surface area (Å²) < 4.78 is 56.0. The van der Waals surface area contributed by atoms with Crippen molar-refractivity contribution in [3.8, 4) is 17.2 Å². The monoisotopic (exact) mass is 657 g/mol. The maximum Gasteiger partial charge on any atom is 0.416 e. The van der Waals surface area contributed by atoms with Gasteiger partial charge in [-0.25, -0.2) is 9.59 Å². The van der Waals surface area contributed by atoms with E-state index in [0.29, 0.717) is 17.2 Å². The molecule has 0 saturated heterocycles. The smallest absolute Gasteiger partial charge is 0.416 e. The summed E-state index contributed by atoms with van der Waals surface area (Å²) in [6.45, 7) is 3.61. The second-order valence-corrected chi connectivity index (χ2v) is 11.3. The minimum atomic E-state index is -4.53. The van der Waals surface area contributed by atoms with E-state index >= 15 is 0 Å². The zero-order valence-corrected chi connectivity index (χ0v) is 25.8. The fraction of sp³-hybridized carbons (Fsp3) is 0.344. The number of para-hydroxylation sites is 1. The van der Waals surface area contributed by atoms with E-state index in [2.05, 4.69) is 16.0 Å². The first-order chi connectivity index (χ1) is 22.3. The van der Waals surface area contributed by atoms with Crippen LogP contribution in [-0.2, 0) is 6.18 Å². The minimum Gasteiger partial charge on any atom is -0.485 e. The Morgan fingerprint density at radius 1 is 1.02 bits per heavy atom. The molecule has 250 valence electrons. The van der Waals surface area contributed by atoms with Gasteiger partial charge in [0.1, 0.15) is 6.10 Å². The van der Waals surface area contributed by atoms with Crippen molar-refractivity contribution in [2.75, 3.05) is 49.5 Å². The van der Waals surface area contributed by atoms with E-state index in [-0.39, 0.29) is 55.1 Å². The average molecular weight is 658 g/mol. The zero-order valence-electron chi connectivity index (χ0n) is 25.8. The largest absolute Gasteiger partial charge is 0.485 e. The lowest BCUT2D eigenvalue weighted by atomic mass is 9.99. The van der Waals surface area contributed by atoms with Gasteiger partial charge in [0, 0.05) is 37.0 Å². The number of hydrogen-bond donors (Lipinski definition) is 4. The lowest BCUT2D eigenvalue weighted by Gasteiger charge is -2.38. The summed E-state index contributed by atoms with van der Waals surface area (Å²) >= 11 is 0.